The lowest BCUT2D eigenvalue weighted by molar-refractivity contribution is 0.102. The molecule has 0 fully saturated rings. The third kappa shape index (κ3) is 3.01. The Hall–Kier alpha value is -1.69. The largest absolute Gasteiger partial charge is 0.320 e. The van der Waals surface area contributed by atoms with Crippen LogP contribution in [0.15, 0.2) is 29.1 Å². The van der Waals surface area contributed by atoms with Gasteiger partial charge >= 0.3 is 0 Å². The van der Waals surface area contributed by atoms with Crippen LogP contribution < -0.4 is 5.32 Å². The lowest BCUT2D eigenvalue weighted by atomic mass is 10.2. The van der Waals surface area contributed by atoms with Gasteiger partial charge in [0.1, 0.15) is 0 Å². The summed E-state index contributed by atoms with van der Waals surface area (Å²) in [6, 6.07) is 1.79. The van der Waals surface area contributed by atoms with Gasteiger partial charge in [0.05, 0.1) is 4.47 Å². The first-order valence-electron chi connectivity index (χ1n) is 6.12. The van der Waals surface area contributed by atoms with Gasteiger partial charge in [0, 0.05) is 30.8 Å². The number of anilines is 1. The highest BCUT2D eigenvalue weighted by atomic mass is 79.9. The summed E-state index contributed by atoms with van der Waals surface area (Å²) in [5.74, 6) is -0.222. The van der Waals surface area contributed by atoms with Crippen molar-refractivity contribution >= 4 is 27.5 Å². The molecule has 0 aromatic carbocycles. The van der Waals surface area contributed by atoms with Crippen LogP contribution in [-0.2, 0) is 13.0 Å². The minimum absolute atomic E-state index is 0.222. The molecule has 6 heteroatoms. The second kappa shape index (κ2) is 5.97. The molecule has 2 rings (SSSR count). The van der Waals surface area contributed by atoms with Gasteiger partial charge in [-0.2, -0.15) is 5.10 Å². The highest BCUT2D eigenvalue weighted by molar-refractivity contribution is 9.10. The van der Waals surface area contributed by atoms with Crippen molar-refractivity contribution in [3.63, 3.8) is 0 Å². The zero-order valence-electron chi connectivity index (χ0n) is 10.9. The van der Waals surface area contributed by atoms with E-state index < -0.39 is 0 Å². The minimum atomic E-state index is -0.222. The van der Waals surface area contributed by atoms with E-state index in [1.54, 1.807) is 29.3 Å². The van der Waals surface area contributed by atoms with Crippen LogP contribution in [0.1, 0.15) is 29.9 Å². The number of hydrogen-bond donors (Lipinski definition) is 1. The van der Waals surface area contributed by atoms with Gasteiger partial charge in [0.2, 0.25) is 0 Å². The molecule has 0 saturated heterocycles. The lowest BCUT2D eigenvalue weighted by Crippen LogP contribution is -2.15. The maximum atomic E-state index is 12.2. The summed E-state index contributed by atoms with van der Waals surface area (Å²) >= 11 is 3.35. The molecular weight excluding hydrogens is 308 g/mol. The van der Waals surface area contributed by atoms with Crippen molar-refractivity contribution in [3.05, 3.63) is 40.4 Å². The van der Waals surface area contributed by atoms with Crippen molar-refractivity contribution in [1.82, 2.24) is 14.8 Å². The van der Waals surface area contributed by atoms with E-state index in [4.69, 9.17) is 0 Å². The van der Waals surface area contributed by atoms with E-state index in [1.807, 2.05) is 13.8 Å². The molecule has 0 unspecified atom stereocenters. The Labute approximate surface area is 120 Å². The summed E-state index contributed by atoms with van der Waals surface area (Å²) in [5.41, 5.74) is 2.17. The van der Waals surface area contributed by atoms with Crippen molar-refractivity contribution in [1.29, 1.82) is 0 Å². The lowest BCUT2D eigenvalue weighted by Gasteiger charge is -2.07. The summed E-state index contributed by atoms with van der Waals surface area (Å²) in [6.07, 6.45) is 6.03. The number of nitrogens with one attached hydrogen (secondary N) is 1. The average molecular weight is 323 g/mol. The molecule has 100 valence electrons. The third-order valence-corrected chi connectivity index (χ3v) is 3.37. The molecule has 0 aliphatic carbocycles. The summed E-state index contributed by atoms with van der Waals surface area (Å²) in [6.45, 7) is 4.72. The molecule has 0 radical (unpaired) electrons. The van der Waals surface area contributed by atoms with Crippen molar-refractivity contribution < 1.29 is 4.79 Å². The third-order valence-electron chi connectivity index (χ3n) is 2.79. The molecule has 0 bridgehead atoms. The number of carbonyl (C=O) groups is 1. The second-order valence-corrected chi connectivity index (χ2v) is 4.88. The molecule has 2 heterocycles. The second-order valence-electron chi connectivity index (χ2n) is 4.02. The average Bonchev–Trinajstić information content (AvgIpc) is 2.80. The van der Waals surface area contributed by atoms with Crippen LogP contribution in [0.2, 0.25) is 0 Å². The Morgan fingerprint density at radius 2 is 2.26 bits per heavy atom. The van der Waals surface area contributed by atoms with E-state index in [1.165, 1.54) is 0 Å². The summed E-state index contributed by atoms with van der Waals surface area (Å²) in [4.78, 5) is 16.2. The number of aryl methyl sites for hydroxylation is 2. The molecule has 2 aromatic rings. The van der Waals surface area contributed by atoms with E-state index in [9.17, 15) is 4.79 Å². The Bertz CT molecular complexity index is 594. The zero-order chi connectivity index (χ0) is 13.8. The number of hydrogen-bond acceptors (Lipinski definition) is 3. The van der Waals surface area contributed by atoms with Crippen molar-refractivity contribution in [2.45, 2.75) is 26.8 Å². The minimum Gasteiger partial charge on any atom is -0.320 e. The smallest absolute Gasteiger partial charge is 0.277 e. The van der Waals surface area contributed by atoms with E-state index in [2.05, 4.69) is 31.3 Å². The first-order valence-corrected chi connectivity index (χ1v) is 6.92. The molecule has 19 heavy (non-hydrogen) atoms. The zero-order valence-corrected chi connectivity index (χ0v) is 12.4. The number of amides is 1. The van der Waals surface area contributed by atoms with Gasteiger partial charge in [0.15, 0.2) is 5.69 Å². The Morgan fingerprint density at radius 3 is 2.89 bits per heavy atom. The number of carbonyl (C=O) groups excluding carboxylic acids is 1. The topological polar surface area (TPSA) is 59.8 Å². The van der Waals surface area contributed by atoms with E-state index >= 15 is 0 Å². The fourth-order valence-electron chi connectivity index (χ4n) is 1.73. The SMILES string of the molecule is CCc1cnccc1NC(=O)c1nn(CC)cc1Br. The van der Waals surface area contributed by atoms with Crippen molar-refractivity contribution in [3.8, 4) is 0 Å². The summed E-state index contributed by atoms with van der Waals surface area (Å²) < 4.78 is 2.41. The normalized spacial score (nSPS) is 10.5. The molecule has 0 saturated carbocycles. The fraction of sp³-hybridized carbons (Fsp3) is 0.308. The first kappa shape index (κ1) is 13.7. The standard InChI is InChI=1S/C13H15BrN4O/c1-3-9-7-15-6-5-11(9)16-13(19)12-10(14)8-18(4-2)17-12/h5-8H,3-4H2,1-2H3,(H,15,16,19). The number of aromatic nitrogens is 3. The number of pyridine rings is 1. The van der Waals surface area contributed by atoms with E-state index in [-0.39, 0.29) is 5.91 Å². The van der Waals surface area contributed by atoms with Crippen LogP contribution in [0.5, 0.6) is 0 Å². The summed E-state index contributed by atoms with van der Waals surface area (Å²) in [7, 11) is 0. The van der Waals surface area contributed by atoms with Gasteiger partial charge < -0.3 is 5.32 Å². The molecular formula is C13H15BrN4O. The quantitative estimate of drug-likeness (QED) is 0.941. The Morgan fingerprint density at radius 1 is 1.47 bits per heavy atom. The molecule has 0 aliphatic rings. The van der Waals surface area contributed by atoms with Gasteiger partial charge in [0.25, 0.3) is 5.91 Å². The molecule has 0 aliphatic heterocycles. The molecule has 1 N–H and O–H groups in total. The van der Waals surface area contributed by atoms with Crippen LogP contribution >= 0.6 is 15.9 Å². The molecule has 1 amide bonds. The highest BCUT2D eigenvalue weighted by Crippen LogP contribution is 2.19. The van der Waals surface area contributed by atoms with Gasteiger partial charge in [-0.05, 0) is 40.9 Å². The fourth-order valence-corrected chi connectivity index (χ4v) is 2.22. The van der Waals surface area contributed by atoms with E-state index in [0.717, 1.165) is 24.2 Å². The van der Waals surface area contributed by atoms with Crippen LogP contribution in [0.3, 0.4) is 0 Å². The Kier molecular flexibility index (Phi) is 4.31. The predicted molar refractivity (Wildman–Crippen MR) is 77.2 cm³/mol. The molecule has 5 nitrogen and oxygen atoms in total. The van der Waals surface area contributed by atoms with Gasteiger partial charge in [-0.15, -0.1) is 0 Å². The van der Waals surface area contributed by atoms with Crippen LogP contribution in [-0.4, -0.2) is 20.7 Å². The van der Waals surface area contributed by atoms with Gasteiger partial charge in [-0.1, -0.05) is 6.92 Å². The highest BCUT2D eigenvalue weighted by Gasteiger charge is 2.16. The van der Waals surface area contributed by atoms with Crippen LogP contribution in [0.25, 0.3) is 0 Å². The molecule has 0 atom stereocenters. The monoisotopic (exact) mass is 322 g/mol. The van der Waals surface area contributed by atoms with Crippen LogP contribution in [0.4, 0.5) is 5.69 Å². The Balaban J connectivity index is 2.23. The van der Waals surface area contributed by atoms with Crippen LogP contribution in [0, 0.1) is 0 Å². The number of rotatable bonds is 4. The first-order chi connectivity index (χ1) is 9.15. The number of nitrogens with zero attached hydrogens (tertiary/aromatic N) is 3. The summed E-state index contributed by atoms with van der Waals surface area (Å²) in [5, 5.41) is 7.09. The number of halogens is 1. The maximum Gasteiger partial charge on any atom is 0.277 e. The van der Waals surface area contributed by atoms with E-state index in [0.29, 0.717) is 10.2 Å². The maximum absolute atomic E-state index is 12.2. The van der Waals surface area contributed by atoms with Gasteiger partial charge in [-0.25, -0.2) is 0 Å². The molecule has 2 aromatic heterocycles. The van der Waals surface area contributed by atoms with Crippen molar-refractivity contribution in [2.75, 3.05) is 5.32 Å². The predicted octanol–water partition coefficient (Wildman–Crippen LogP) is 2.88. The molecule has 0 spiro atoms. The van der Waals surface area contributed by atoms with Gasteiger partial charge in [-0.3, -0.25) is 14.5 Å². The van der Waals surface area contributed by atoms with Crippen molar-refractivity contribution in [2.24, 2.45) is 0 Å².